The predicted octanol–water partition coefficient (Wildman–Crippen LogP) is 12.3. The van der Waals surface area contributed by atoms with E-state index in [1.807, 2.05) is 48.5 Å². The average molecular weight is 1470 g/mol. The molecule has 0 bridgehead atoms. The number of nitrogens with one attached hydrogen (secondary N) is 1. The van der Waals surface area contributed by atoms with Gasteiger partial charge in [-0.05, 0) is 228 Å². The summed E-state index contributed by atoms with van der Waals surface area (Å²) in [5, 5.41) is 9.06. The number of nitrogens with zero attached hydrogens (tertiary/aromatic N) is 6. The van der Waals surface area contributed by atoms with E-state index in [1.54, 1.807) is 48.5 Å². The lowest BCUT2D eigenvalue weighted by Gasteiger charge is -2.30. The van der Waals surface area contributed by atoms with Crippen molar-refractivity contribution < 1.29 is 55.4 Å². The van der Waals surface area contributed by atoms with E-state index in [0.717, 1.165) is 75.6 Å². The van der Waals surface area contributed by atoms with Gasteiger partial charge < -0.3 is 45.2 Å². The van der Waals surface area contributed by atoms with Gasteiger partial charge in [-0.15, -0.1) is 0 Å². The Morgan fingerprint density at radius 1 is 0.436 bits per heavy atom. The maximum atomic E-state index is 12.8. The van der Waals surface area contributed by atoms with E-state index in [2.05, 4.69) is 142 Å². The molecule has 5 aliphatic heterocycles. The molecule has 4 N–H and O–H groups in total. The van der Waals surface area contributed by atoms with Crippen molar-refractivity contribution in [1.82, 2.24) is 13.5 Å². The van der Waals surface area contributed by atoms with Crippen LogP contribution in [0.25, 0.3) is 0 Å². The Hall–Kier alpha value is -8.52. The second-order valence-corrected chi connectivity index (χ2v) is 28.7. The Labute approximate surface area is 607 Å². The number of carbonyl (C=O) groups is 5. The number of morpholine rings is 2. The van der Waals surface area contributed by atoms with E-state index in [9.17, 15) is 40.8 Å². The van der Waals surface area contributed by atoms with Crippen LogP contribution in [-0.2, 0) is 78.0 Å². The molecular weight excluding hydrogens is 1390 g/mol. The number of carboxylic acid groups (broad SMARTS) is 1. The molecule has 101 heavy (non-hydrogen) atoms. The predicted molar refractivity (Wildman–Crippen MR) is 400 cm³/mol. The second kappa shape index (κ2) is 38.5. The first-order chi connectivity index (χ1) is 48.6. The molecule has 8 aromatic carbocycles. The Kier molecular flexibility index (Phi) is 29.8. The number of carbonyl (C=O) groups excluding carboxylic acids is 4. The second-order valence-electron chi connectivity index (χ2n) is 23.8. The molecule has 25 heteroatoms. The van der Waals surface area contributed by atoms with Crippen molar-refractivity contribution in [3.05, 3.63) is 244 Å². The topological polar surface area (TPSA) is 250 Å². The molecule has 0 radical (unpaired) electrons. The minimum atomic E-state index is -3.56. The SMILES string of the molecule is CCN(CC)CC.Nc1ccc(S(=O)(=O)N2CCOCC2)cc1.O=C(Cl)C(=O)Cl.O=C(Cl)c1ccc(N2CCc3ccccc3C2)cc1.O=C(Nc1ccc(S(=O)(=O)N2CCOCC2)cc1)c1ccc(N2CCc3ccccc3C2)cc1.O=C(O)c1ccc(N2CCc3ccccc3C2)cc1. The molecule has 5 heterocycles. The highest BCUT2D eigenvalue weighted by molar-refractivity contribution is 7.89. The van der Waals surface area contributed by atoms with E-state index in [1.165, 1.54) is 85.9 Å². The van der Waals surface area contributed by atoms with Gasteiger partial charge >= 0.3 is 16.5 Å². The Bertz CT molecular complexity index is 4150. The molecule has 20 nitrogen and oxygen atoms in total. The first-order valence-electron chi connectivity index (χ1n) is 33.3. The molecule has 5 aliphatic rings. The van der Waals surface area contributed by atoms with Crippen LogP contribution in [0.5, 0.6) is 0 Å². The highest BCUT2D eigenvalue weighted by Gasteiger charge is 2.28. The highest BCUT2D eigenvalue weighted by atomic mass is 35.5. The number of rotatable bonds is 15. The zero-order valence-corrected chi connectivity index (χ0v) is 60.7. The third kappa shape index (κ3) is 22.7. The zero-order chi connectivity index (χ0) is 72.5. The fourth-order valence-corrected chi connectivity index (χ4v) is 14.6. The molecule has 1 amide bonds. The summed E-state index contributed by atoms with van der Waals surface area (Å²) in [4.78, 5) is 63.3. The highest BCUT2D eigenvalue weighted by Crippen LogP contribution is 2.29. The Morgan fingerprint density at radius 3 is 1.06 bits per heavy atom. The standard InChI is InChI=1S/C26H27N3O4S.C16H14ClNO.C16H15NO2.C10H14N2O3S.C6H15N.C2Cl2O2/c30-26(27-23-7-11-25(12-8-23)34(31,32)29-15-17-33-18-16-29)21-5-9-24(10-6-21)28-14-13-20-3-1-2-4-22(20)19-28;17-16(19)13-5-7-15(8-6-13)18-10-9-12-3-1-2-4-14(12)11-18;18-16(19)13-5-7-15(8-6-13)17-10-9-12-3-1-2-4-14(12)11-17;11-9-1-3-10(4-2-9)16(13,14)12-5-7-15-8-6-12;1-4-7(5-2)6-3;3-1(5)2(4)6/h1-12H,13-19H2,(H,27,30);1-8H,9-11H2;1-8H,9-11H2,(H,18,19);1-4H,5-8,11H2;4-6H2,1-3H3;. The summed E-state index contributed by atoms with van der Waals surface area (Å²) in [6.07, 6.45) is 3.11. The lowest BCUT2D eigenvalue weighted by molar-refractivity contribution is -0.127. The number of fused-ring (bicyclic) bond motifs is 3. The van der Waals surface area contributed by atoms with Gasteiger partial charge in [-0.3, -0.25) is 19.2 Å². The summed E-state index contributed by atoms with van der Waals surface area (Å²) in [5.74, 6) is -1.12. The summed E-state index contributed by atoms with van der Waals surface area (Å²) < 4.78 is 63.0. The van der Waals surface area contributed by atoms with E-state index < -0.39 is 41.7 Å². The smallest absolute Gasteiger partial charge is 0.335 e. The van der Waals surface area contributed by atoms with Gasteiger partial charge in [0.05, 0.1) is 41.8 Å². The van der Waals surface area contributed by atoms with Gasteiger partial charge in [-0.2, -0.15) is 8.61 Å². The number of benzene rings is 8. The van der Waals surface area contributed by atoms with Crippen molar-refractivity contribution in [2.45, 2.75) is 69.5 Å². The van der Waals surface area contributed by atoms with Crippen LogP contribution >= 0.6 is 34.8 Å². The fraction of sp³-hybridized carbons (Fsp3) is 0.303. The molecular formula is C76H85Cl3N8O12S2. The number of nitrogen functional groups attached to an aromatic ring is 1. The first kappa shape index (κ1) is 78.2. The third-order valence-corrected chi connectivity index (χ3v) is 22.0. The lowest BCUT2D eigenvalue weighted by Crippen LogP contribution is -2.40. The number of hydrogen-bond donors (Lipinski definition) is 3. The minimum Gasteiger partial charge on any atom is -0.478 e. The largest absolute Gasteiger partial charge is 0.478 e. The van der Waals surface area contributed by atoms with Crippen molar-refractivity contribution in [2.24, 2.45) is 0 Å². The number of anilines is 5. The Balaban J connectivity index is 0.000000167. The van der Waals surface area contributed by atoms with Crippen molar-refractivity contribution >= 4 is 111 Å². The van der Waals surface area contributed by atoms with Crippen LogP contribution in [0.1, 0.15) is 85.2 Å². The van der Waals surface area contributed by atoms with Crippen molar-refractivity contribution in [1.29, 1.82) is 0 Å². The number of carboxylic acids is 1. The maximum Gasteiger partial charge on any atom is 0.335 e. The van der Waals surface area contributed by atoms with Gasteiger partial charge in [0.2, 0.25) is 20.0 Å². The minimum absolute atomic E-state index is 0.208. The van der Waals surface area contributed by atoms with Crippen molar-refractivity contribution in [2.75, 3.05) is 118 Å². The van der Waals surface area contributed by atoms with Gasteiger partial charge in [0, 0.05) is 105 Å². The quantitative estimate of drug-likeness (QED) is 0.0490. The van der Waals surface area contributed by atoms with E-state index in [0.29, 0.717) is 80.7 Å². The first-order valence-corrected chi connectivity index (χ1v) is 37.3. The summed E-state index contributed by atoms with van der Waals surface area (Å²) in [5.41, 5.74) is 19.7. The molecule has 0 unspecified atom stereocenters. The van der Waals surface area contributed by atoms with Crippen LogP contribution in [0.2, 0.25) is 0 Å². The number of sulfonamides is 2. The van der Waals surface area contributed by atoms with Gasteiger partial charge in [-0.25, -0.2) is 21.6 Å². The molecule has 0 saturated carbocycles. The normalized spacial score (nSPS) is 15.0. The van der Waals surface area contributed by atoms with Crippen LogP contribution in [0, 0.1) is 0 Å². The molecule has 0 aromatic heterocycles. The average Bonchev–Trinajstić information content (AvgIpc) is 0.867. The van der Waals surface area contributed by atoms with Gasteiger partial charge in [-0.1, -0.05) is 93.6 Å². The van der Waals surface area contributed by atoms with Crippen LogP contribution in [0.4, 0.5) is 28.4 Å². The molecule has 0 spiro atoms. The number of ether oxygens (including phenoxy) is 2. The molecule has 8 aromatic rings. The zero-order valence-electron chi connectivity index (χ0n) is 56.8. The summed E-state index contributed by atoms with van der Waals surface area (Å²) >= 11 is 14.4. The number of hydrogen-bond acceptors (Lipinski definition) is 16. The molecule has 534 valence electrons. The summed E-state index contributed by atoms with van der Waals surface area (Å²) in [6.45, 7) is 18.9. The van der Waals surface area contributed by atoms with Crippen molar-refractivity contribution in [3.63, 3.8) is 0 Å². The van der Waals surface area contributed by atoms with E-state index in [4.69, 9.17) is 31.9 Å². The number of aromatic carboxylic acids is 1. The van der Waals surface area contributed by atoms with Gasteiger partial charge in [0.25, 0.3) is 11.1 Å². The molecule has 2 saturated heterocycles. The maximum absolute atomic E-state index is 12.8. The van der Waals surface area contributed by atoms with Crippen LogP contribution < -0.4 is 25.8 Å². The third-order valence-electron chi connectivity index (χ3n) is 17.5. The molecule has 0 atom stereocenters. The monoisotopic (exact) mass is 1470 g/mol. The summed E-state index contributed by atoms with van der Waals surface area (Å²) in [7, 11) is -6.94. The fourth-order valence-electron chi connectivity index (χ4n) is 11.7. The van der Waals surface area contributed by atoms with Gasteiger partial charge in [0.15, 0.2) is 0 Å². The molecule has 13 rings (SSSR count). The number of nitrogens with two attached hydrogens (primary N) is 1. The van der Waals surface area contributed by atoms with Gasteiger partial charge in [0.1, 0.15) is 0 Å². The lowest BCUT2D eigenvalue weighted by atomic mass is 9.99. The van der Waals surface area contributed by atoms with Crippen molar-refractivity contribution in [3.8, 4) is 0 Å². The number of amides is 1. The summed E-state index contributed by atoms with van der Waals surface area (Å²) in [6, 6.07) is 60.2. The number of halogens is 3. The molecule has 2 fully saturated rings. The van der Waals surface area contributed by atoms with E-state index in [-0.39, 0.29) is 15.7 Å². The van der Waals surface area contributed by atoms with Crippen LogP contribution in [-0.4, -0.2) is 155 Å². The van der Waals surface area contributed by atoms with Crippen LogP contribution in [0.15, 0.2) is 204 Å². The Morgan fingerprint density at radius 2 is 0.752 bits per heavy atom. The van der Waals surface area contributed by atoms with E-state index >= 15 is 0 Å². The van der Waals surface area contributed by atoms with Crippen LogP contribution in [0.3, 0.4) is 0 Å². The molecule has 0 aliphatic carbocycles.